The van der Waals surface area contributed by atoms with Crippen LogP contribution >= 0.6 is 11.3 Å². The predicted molar refractivity (Wildman–Crippen MR) is 73.6 cm³/mol. The second kappa shape index (κ2) is 4.19. The summed E-state index contributed by atoms with van der Waals surface area (Å²) in [5.41, 5.74) is -0.844. The monoisotopic (exact) mass is 289 g/mol. The van der Waals surface area contributed by atoms with Crippen molar-refractivity contribution in [3.63, 3.8) is 0 Å². The van der Waals surface area contributed by atoms with Gasteiger partial charge in [0.25, 0.3) is 0 Å². The van der Waals surface area contributed by atoms with E-state index >= 15 is 0 Å². The maximum atomic E-state index is 12.5. The van der Waals surface area contributed by atoms with E-state index in [2.05, 4.69) is 6.07 Å². The molecule has 0 bridgehead atoms. The van der Waals surface area contributed by atoms with Gasteiger partial charge >= 0.3 is 0 Å². The van der Waals surface area contributed by atoms with Crippen molar-refractivity contribution in [2.75, 3.05) is 0 Å². The van der Waals surface area contributed by atoms with Crippen LogP contribution in [0.1, 0.15) is 11.3 Å². The van der Waals surface area contributed by atoms with E-state index in [9.17, 15) is 13.7 Å². The molecule has 0 N–H and O–H groups in total. The van der Waals surface area contributed by atoms with E-state index in [0.717, 1.165) is 4.88 Å². The van der Waals surface area contributed by atoms with Crippen LogP contribution in [0.5, 0.6) is 0 Å². The van der Waals surface area contributed by atoms with Crippen LogP contribution in [0.2, 0.25) is 0 Å². The molecular formula is C14H11NO2S2. The average molecular weight is 289 g/mol. The van der Waals surface area contributed by atoms with Crippen LogP contribution in [0.4, 0.5) is 0 Å². The summed E-state index contributed by atoms with van der Waals surface area (Å²) in [5, 5.41) is 10.7. The summed E-state index contributed by atoms with van der Waals surface area (Å²) in [6.07, 6.45) is 0.390. The summed E-state index contributed by atoms with van der Waals surface area (Å²) in [4.78, 5) is 1.15. The van der Waals surface area contributed by atoms with Gasteiger partial charge in [0.2, 0.25) is 0 Å². The van der Waals surface area contributed by atoms with Gasteiger partial charge in [0.1, 0.15) is 5.41 Å². The predicted octanol–water partition coefficient (Wildman–Crippen LogP) is 2.76. The molecule has 5 heteroatoms. The number of thiophene rings is 1. The third kappa shape index (κ3) is 1.79. The number of rotatable bonds is 3. The first-order chi connectivity index (χ1) is 9.11. The lowest BCUT2D eigenvalue weighted by molar-refractivity contribution is 0.592. The molecule has 0 spiro atoms. The Kier molecular flexibility index (Phi) is 2.73. The van der Waals surface area contributed by atoms with Crippen LogP contribution in [-0.2, 0) is 15.3 Å². The smallest absolute Gasteiger partial charge is 0.183 e. The molecule has 1 saturated carbocycles. The largest absolute Gasteiger partial charge is 0.223 e. The van der Waals surface area contributed by atoms with Crippen molar-refractivity contribution in [1.29, 1.82) is 5.26 Å². The van der Waals surface area contributed by atoms with Crippen molar-refractivity contribution in [3.8, 4) is 6.07 Å². The van der Waals surface area contributed by atoms with Gasteiger partial charge in [-0.25, -0.2) is 8.42 Å². The molecule has 2 atom stereocenters. The third-order valence-electron chi connectivity index (χ3n) is 3.50. The first kappa shape index (κ1) is 12.4. The normalized spacial score (nSPS) is 25.7. The minimum absolute atomic E-state index is 0.300. The molecular weight excluding hydrogens is 278 g/mol. The highest BCUT2D eigenvalue weighted by molar-refractivity contribution is 7.92. The summed E-state index contributed by atoms with van der Waals surface area (Å²) in [5.74, 6) is 0. The van der Waals surface area contributed by atoms with Crippen LogP contribution in [-0.4, -0.2) is 13.7 Å². The van der Waals surface area contributed by atoms with Gasteiger partial charge in [-0.3, -0.25) is 0 Å². The summed E-state index contributed by atoms with van der Waals surface area (Å²) < 4.78 is 25.0. The van der Waals surface area contributed by atoms with Crippen molar-refractivity contribution in [1.82, 2.24) is 0 Å². The fourth-order valence-electron chi connectivity index (χ4n) is 2.35. The van der Waals surface area contributed by atoms with Crippen LogP contribution in [0.15, 0.2) is 52.7 Å². The highest BCUT2D eigenvalue weighted by atomic mass is 32.2. The molecule has 1 aliphatic rings. The molecule has 1 aromatic carbocycles. The van der Waals surface area contributed by atoms with Gasteiger partial charge < -0.3 is 0 Å². The molecule has 0 unspecified atom stereocenters. The average Bonchev–Trinajstić information content (AvgIpc) is 2.96. The Labute approximate surface area is 116 Å². The van der Waals surface area contributed by atoms with Gasteiger partial charge in [0.05, 0.1) is 16.2 Å². The summed E-state index contributed by atoms with van der Waals surface area (Å²) >= 11 is 1.45. The van der Waals surface area contributed by atoms with Gasteiger partial charge in [0, 0.05) is 4.88 Å². The second-order valence-corrected chi connectivity index (χ2v) is 7.69. The molecule has 0 saturated heterocycles. The molecule has 1 aromatic heterocycles. The molecule has 1 fully saturated rings. The molecule has 19 heavy (non-hydrogen) atoms. The zero-order valence-electron chi connectivity index (χ0n) is 9.98. The highest BCUT2D eigenvalue weighted by Crippen LogP contribution is 2.55. The fraction of sp³-hybridized carbons (Fsp3) is 0.214. The molecule has 96 valence electrons. The van der Waals surface area contributed by atoms with E-state index in [4.69, 9.17) is 0 Å². The SMILES string of the molecule is N#C[C@@]1(c2cccs2)C[C@@H]1S(=O)(=O)c1ccccc1. The number of sulfone groups is 1. The van der Waals surface area contributed by atoms with Gasteiger partial charge in [-0.1, -0.05) is 24.3 Å². The topological polar surface area (TPSA) is 57.9 Å². The maximum Gasteiger partial charge on any atom is 0.183 e. The molecule has 1 aliphatic carbocycles. The molecule has 0 aliphatic heterocycles. The summed E-state index contributed by atoms with van der Waals surface area (Å²) in [7, 11) is -3.43. The Morgan fingerprint density at radius 3 is 2.53 bits per heavy atom. The van der Waals surface area contributed by atoms with Gasteiger partial charge in [-0.05, 0) is 30.0 Å². The van der Waals surface area contributed by atoms with Crippen LogP contribution in [0.25, 0.3) is 0 Å². The minimum atomic E-state index is -3.43. The van der Waals surface area contributed by atoms with Crippen LogP contribution in [0.3, 0.4) is 0 Å². The molecule has 3 nitrogen and oxygen atoms in total. The Bertz CT molecular complexity index is 730. The lowest BCUT2D eigenvalue weighted by Crippen LogP contribution is -2.17. The van der Waals surface area contributed by atoms with E-state index in [1.807, 2.05) is 17.5 Å². The summed E-state index contributed by atoms with van der Waals surface area (Å²) in [6.45, 7) is 0. The van der Waals surface area contributed by atoms with E-state index < -0.39 is 20.5 Å². The van der Waals surface area contributed by atoms with Gasteiger partial charge in [-0.15, -0.1) is 11.3 Å². The first-order valence-electron chi connectivity index (χ1n) is 5.85. The number of nitriles is 1. The molecule has 2 aromatic rings. The Morgan fingerprint density at radius 1 is 1.21 bits per heavy atom. The number of hydrogen-bond donors (Lipinski definition) is 0. The first-order valence-corrected chi connectivity index (χ1v) is 8.28. The molecule has 3 rings (SSSR count). The minimum Gasteiger partial charge on any atom is -0.223 e. The number of nitrogens with zero attached hydrogens (tertiary/aromatic N) is 1. The van der Waals surface area contributed by atoms with E-state index in [1.54, 1.807) is 30.3 Å². The number of benzene rings is 1. The zero-order chi connectivity index (χ0) is 13.5. The van der Waals surface area contributed by atoms with Crippen molar-refractivity contribution in [2.45, 2.75) is 22.0 Å². The van der Waals surface area contributed by atoms with Gasteiger partial charge in [-0.2, -0.15) is 5.26 Å². The molecule has 1 heterocycles. The molecule has 0 radical (unpaired) electrons. The highest BCUT2D eigenvalue weighted by Gasteiger charge is 2.64. The maximum absolute atomic E-state index is 12.5. The zero-order valence-corrected chi connectivity index (χ0v) is 11.6. The quantitative estimate of drug-likeness (QED) is 0.873. The van der Waals surface area contributed by atoms with Crippen LogP contribution in [0, 0.1) is 11.3 Å². The fourth-order valence-corrected chi connectivity index (χ4v) is 5.42. The lowest BCUT2D eigenvalue weighted by Gasteiger charge is -2.07. The van der Waals surface area contributed by atoms with Crippen LogP contribution < -0.4 is 0 Å². The Hall–Kier alpha value is -1.64. The van der Waals surface area contributed by atoms with Crippen molar-refractivity contribution in [2.24, 2.45) is 0 Å². The van der Waals surface area contributed by atoms with Crippen molar-refractivity contribution in [3.05, 3.63) is 52.7 Å². The van der Waals surface area contributed by atoms with Crippen molar-refractivity contribution >= 4 is 21.2 Å². The van der Waals surface area contributed by atoms with E-state index in [1.165, 1.54) is 11.3 Å². The molecule has 0 amide bonds. The third-order valence-corrected chi connectivity index (χ3v) is 6.80. The standard InChI is InChI=1S/C14H11NO2S2/c15-10-14(12-7-4-8-18-12)9-13(14)19(16,17)11-5-2-1-3-6-11/h1-8,13H,9H2/t13-,14+/m0/s1. The van der Waals surface area contributed by atoms with E-state index in [0.29, 0.717) is 11.3 Å². The number of hydrogen-bond acceptors (Lipinski definition) is 4. The van der Waals surface area contributed by atoms with E-state index in [-0.39, 0.29) is 0 Å². The Morgan fingerprint density at radius 2 is 1.95 bits per heavy atom. The summed E-state index contributed by atoms with van der Waals surface area (Å²) in [6, 6.07) is 14.3. The Balaban J connectivity index is 2.01. The van der Waals surface area contributed by atoms with Gasteiger partial charge in [0.15, 0.2) is 9.84 Å². The second-order valence-electron chi connectivity index (χ2n) is 4.61. The van der Waals surface area contributed by atoms with Crippen molar-refractivity contribution < 1.29 is 8.42 Å². The lowest BCUT2D eigenvalue weighted by atomic mass is 10.1.